The minimum atomic E-state index is -0.481. The maximum Gasteiger partial charge on any atom is 0.343 e. The van der Waals surface area contributed by atoms with Gasteiger partial charge in [0.05, 0.1) is 12.2 Å². The predicted octanol–water partition coefficient (Wildman–Crippen LogP) is 3.65. The molecular weight excluding hydrogens is 294 g/mol. The van der Waals surface area contributed by atoms with Gasteiger partial charge in [-0.3, -0.25) is 4.79 Å². The quantitative estimate of drug-likeness (QED) is 0.653. The van der Waals surface area contributed by atoms with Crippen LogP contribution in [0.3, 0.4) is 0 Å². The van der Waals surface area contributed by atoms with Crippen LogP contribution in [-0.2, 0) is 4.79 Å². The molecule has 0 aromatic heterocycles. The third-order valence-corrected chi connectivity index (χ3v) is 3.03. The molecule has 0 saturated heterocycles. The summed E-state index contributed by atoms with van der Waals surface area (Å²) >= 11 is 0. The average molecular weight is 313 g/mol. The first-order valence-corrected chi connectivity index (χ1v) is 7.47. The van der Waals surface area contributed by atoms with Crippen LogP contribution in [0.4, 0.5) is 5.69 Å². The molecule has 0 atom stereocenters. The van der Waals surface area contributed by atoms with Gasteiger partial charge in [-0.05, 0) is 37.3 Å². The smallest absolute Gasteiger partial charge is 0.343 e. The summed E-state index contributed by atoms with van der Waals surface area (Å²) in [5.41, 5.74) is 0.990. The maximum absolute atomic E-state index is 12.2. The number of carbonyl (C=O) groups excluding carboxylic acids is 2. The van der Waals surface area contributed by atoms with Crippen molar-refractivity contribution >= 4 is 17.6 Å². The predicted molar refractivity (Wildman–Crippen MR) is 87.9 cm³/mol. The molecule has 0 radical (unpaired) electrons. The molecule has 0 unspecified atom stereocenters. The lowest BCUT2D eigenvalue weighted by Crippen LogP contribution is -2.11. The van der Waals surface area contributed by atoms with Gasteiger partial charge in [-0.15, -0.1) is 0 Å². The van der Waals surface area contributed by atoms with Gasteiger partial charge in [0.2, 0.25) is 5.91 Å². The van der Waals surface area contributed by atoms with Crippen molar-refractivity contribution in [2.45, 2.75) is 20.3 Å². The molecule has 5 heteroatoms. The third kappa shape index (κ3) is 4.85. The molecule has 0 aliphatic carbocycles. The molecule has 0 saturated carbocycles. The number of nitrogens with one attached hydrogen (secondary N) is 1. The summed E-state index contributed by atoms with van der Waals surface area (Å²) in [6.07, 6.45) is 0.383. The van der Waals surface area contributed by atoms with E-state index in [9.17, 15) is 9.59 Å². The molecular formula is C18H19NO4. The Morgan fingerprint density at radius 2 is 1.74 bits per heavy atom. The van der Waals surface area contributed by atoms with Gasteiger partial charge in [0.15, 0.2) is 0 Å². The number of carbonyl (C=O) groups is 2. The van der Waals surface area contributed by atoms with Crippen LogP contribution in [-0.4, -0.2) is 18.5 Å². The highest BCUT2D eigenvalue weighted by Gasteiger charge is 2.10. The summed E-state index contributed by atoms with van der Waals surface area (Å²) in [5, 5.41) is 2.72. The fourth-order valence-corrected chi connectivity index (χ4v) is 1.93. The Balaban J connectivity index is 2.09. The van der Waals surface area contributed by atoms with Crippen LogP contribution in [0, 0.1) is 0 Å². The first kappa shape index (κ1) is 16.5. The molecule has 1 N–H and O–H groups in total. The fourth-order valence-electron chi connectivity index (χ4n) is 1.93. The van der Waals surface area contributed by atoms with Crippen LogP contribution in [0.5, 0.6) is 11.5 Å². The van der Waals surface area contributed by atoms with Crippen molar-refractivity contribution in [3.05, 3.63) is 54.1 Å². The Labute approximate surface area is 135 Å². The number of rotatable bonds is 6. The molecule has 120 valence electrons. The van der Waals surface area contributed by atoms with E-state index >= 15 is 0 Å². The highest BCUT2D eigenvalue weighted by Crippen LogP contribution is 2.20. The number of hydrogen-bond donors (Lipinski definition) is 1. The largest absolute Gasteiger partial charge is 0.494 e. The molecule has 2 rings (SSSR count). The standard InChI is InChI=1S/C18H19NO4/c1-3-17(20)19-14-8-6-10-16(12-14)23-18(21)13-7-5-9-15(11-13)22-4-2/h5-12H,3-4H2,1-2H3,(H,19,20). The highest BCUT2D eigenvalue weighted by atomic mass is 16.5. The summed E-state index contributed by atoms with van der Waals surface area (Å²) < 4.78 is 10.7. The number of ether oxygens (including phenoxy) is 2. The zero-order valence-electron chi connectivity index (χ0n) is 13.2. The monoisotopic (exact) mass is 313 g/mol. The molecule has 0 heterocycles. The Kier molecular flexibility index (Phi) is 5.74. The SMILES string of the molecule is CCOc1cccc(C(=O)Oc2cccc(NC(=O)CC)c2)c1. The van der Waals surface area contributed by atoms with E-state index in [0.29, 0.717) is 35.8 Å². The molecule has 2 aromatic carbocycles. The molecule has 23 heavy (non-hydrogen) atoms. The number of amides is 1. The van der Waals surface area contributed by atoms with Gasteiger partial charge in [-0.1, -0.05) is 19.1 Å². The first-order chi connectivity index (χ1) is 11.1. The number of benzene rings is 2. The van der Waals surface area contributed by atoms with Crippen molar-refractivity contribution in [3.63, 3.8) is 0 Å². The lowest BCUT2D eigenvalue weighted by Gasteiger charge is -2.08. The van der Waals surface area contributed by atoms with Gasteiger partial charge in [-0.2, -0.15) is 0 Å². The van der Waals surface area contributed by atoms with Gasteiger partial charge in [0.25, 0.3) is 0 Å². The van der Waals surface area contributed by atoms with E-state index in [1.165, 1.54) is 0 Å². The zero-order valence-corrected chi connectivity index (χ0v) is 13.2. The van der Waals surface area contributed by atoms with Gasteiger partial charge in [0, 0.05) is 18.2 Å². The first-order valence-electron chi connectivity index (χ1n) is 7.47. The molecule has 1 amide bonds. The molecule has 0 spiro atoms. The van der Waals surface area contributed by atoms with E-state index in [1.54, 1.807) is 55.5 Å². The number of anilines is 1. The van der Waals surface area contributed by atoms with E-state index in [4.69, 9.17) is 9.47 Å². The zero-order chi connectivity index (χ0) is 16.7. The maximum atomic E-state index is 12.2. The lowest BCUT2D eigenvalue weighted by atomic mass is 10.2. The van der Waals surface area contributed by atoms with Crippen LogP contribution >= 0.6 is 0 Å². The molecule has 0 fully saturated rings. The van der Waals surface area contributed by atoms with Crippen molar-refractivity contribution in [1.82, 2.24) is 0 Å². The van der Waals surface area contributed by atoms with Crippen LogP contribution in [0.25, 0.3) is 0 Å². The summed E-state index contributed by atoms with van der Waals surface area (Å²) in [7, 11) is 0. The summed E-state index contributed by atoms with van der Waals surface area (Å²) in [6.45, 7) is 4.17. The van der Waals surface area contributed by atoms with Crippen molar-refractivity contribution in [2.24, 2.45) is 0 Å². The van der Waals surface area contributed by atoms with Crippen molar-refractivity contribution in [2.75, 3.05) is 11.9 Å². The Bertz CT molecular complexity index is 697. The van der Waals surface area contributed by atoms with Crippen LogP contribution in [0.15, 0.2) is 48.5 Å². The minimum absolute atomic E-state index is 0.0992. The van der Waals surface area contributed by atoms with Gasteiger partial charge in [-0.25, -0.2) is 4.79 Å². The van der Waals surface area contributed by atoms with Crippen LogP contribution in [0.1, 0.15) is 30.6 Å². The summed E-state index contributed by atoms with van der Waals surface area (Å²) in [5.74, 6) is 0.403. The fraction of sp³-hybridized carbons (Fsp3) is 0.222. The van der Waals surface area contributed by atoms with Gasteiger partial charge in [0.1, 0.15) is 11.5 Å². The molecule has 0 bridgehead atoms. The number of esters is 1. The Morgan fingerprint density at radius 3 is 2.48 bits per heavy atom. The normalized spacial score (nSPS) is 10.0. The highest BCUT2D eigenvalue weighted by molar-refractivity contribution is 5.92. The van der Waals surface area contributed by atoms with Crippen molar-refractivity contribution in [3.8, 4) is 11.5 Å². The lowest BCUT2D eigenvalue weighted by molar-refractivity contribution is -0.115. The van der Waals surface area contributed by atoms with E-state index < -0.39 is 5.97 Å². The Morgan fingerprint density at radius 1 is 1.00 bits per heavy atom. The average Bonchev–Trinajstić information content (AvgIpc) is 2.55. The second-order valence-electron chi connectivity index (χ2n) is 4.78. The third-order valence-electron chi connectivity index (χ3n) is 3.03. The van der Waals surface area contributed by atoms with E-state index in [0.717, 1.165) is 0 Å². The van der Waals surface area contributed by atoms with Gasteiger partial charge < -0.3 is 14.8 Å². The van der Waals surface area contributed by atoms with Crippen LogP contribution < -0.4 is 14.8 Å². The van der Waals surface area contributed by atoms with Crippen molar-refractivity contribution < 1.29 is 19.1 Å². The van der Waals surface area contributed by atoms with E-state index in [-0.39, 0.29) is 5.91 Å². The van der Waals surface area contributed by atoms with E-state index in [2.05, 4.69) is 5.32 Å². The Hall–Kier alpha value is -2.82. The summed E-state index contributed by atoms with van der Waals surface area (Å²) in [4.78, 5) is 23.6. The second-order valence-corrected chi connectivity index (χ2v) is 4.78. The summed E-state index contributed by atoms with van der Waals surface area (Å²) in [6, 6.07) is 13.5. The number of hydrogen-bond acceptors (Lipinski definition) is 4. The second kappa shape index (κ2) is 7.98. The molecule has 0 aliphatic heterocycles. The molecule has 0 aliphatic rings. The molecule has 5 nitrogen and oxygen atoms in total. The minimum Gasteiger partial charge on any atom is -0.494 e. The molecule has 2 aromatic rings. The topological polar surface area (TPSA) is 64.6 Å². The van der Waals surface area contributed by atoms with Gasteiger partial charge >= 0.3 is 5.97 Å². The van der Waals surface area contributed by atoms with Crippen molar-refractivity contribution in [1.29, 1.82) is 0 Å². The van der Waals surface area contributed by atoms with Crippen LogP contribution in [0.2, 0.25) is 0 Å². The van der Waals surface area contributed by atoms with E-state index in [1.807, 2.05) is 6.92 Å².